The van der Waals surface area contributed by atoms with Gasteiger partial charge < -0.3 is 0 Å². The largest absolute Gasteiger partial charge is 0.327 e. The van der Waals surface area contributed by atoms with Gasteiger partial charge in [0.15, 0.2) is 5.82 Å². The lowest BCUT2D eigenvalue weighted by molar-refractivity contribution is 0.0967. The van der Waals surface area contributed by atoms with E-state index in [1.54, 1.807) is 30.3 Å². The highest BCUT2D eigenvalue weighted by Crippen LogP contribution is 1.99. The molecule has 19 heavy (non-hydrogen) atoms. The van der Waals surface area contributed by atoms with Crippen molar-refractivity contribution in [1.29, 1.82) is 0 Å². The quantitative estimate of drug-likeness (QED) is 0.738. The van der Waals surface area contributed by atoms with Crippen LogP contribution in [0.3, 0.4) is 0 Å². The molecule has 0 saturated carbocycles. The van der Waals surface area contributed by atoms with E-state index in [1.807, 2.05) is 0 Å². The highest BCUT2D eigenvalue weighted by atomic mass is 16.2. The molecule has 96 valence electrons. The van der Waals surface area contributed by atoms with Crippen molar-refractivity contribution in [2.24, 2.45) is 0 Å². The maximum atomic E-state index is 11.6. The number of hydrogen-bond donors (Lipinski definition) is 3. The zero-order valence-electron chi connectivity index (χ0n) is 9.71. The molecule has 1 aromatic carbocycles. The van der Waals surface area contributed by atoms with Crippen LogP contribution in [-0.2, 0) is 0 Å². The number of carbonyl (C=O) groups excluding carboxylic acids is 2. The summed E-state index contributed by atoms with van der Waals surface area (Å²) in [6, 6.07) is 10.1. The van der Waals surface area contributed by atoms with E-state index in [2.05, 4.69) is 20.8 Å². The molecule has 0 saturated heterocycles. The van der Waals surface area contributed by atoms with E-state index in [1.165, 1.54) is 12.1 Å². The average molecular weight is 258 g/mol. The van der Waals surface area contributed by atoms with Crippen molar-refractivity contribution in [2.75, 3.05) is 5.32 Å². The third-order valence-corrected chi connectivity index (χ3v) is 2.18. The van der Waals surface area contributed by atoms with Gasteiger partial charge >= 0.3 is 6.03 Å². The lowest BCUT2D eigenvalue weighted by atomic mass is 10.2. The topological polar surface area (TPSA) is 104 Å². The third kappa shape index (κ3) is 3.50. The number of aromatic nitrogens is 2. The molecule has 0 aliphatic rings. The highest BCUT2D eigenvalue weighted by Gasteiger charge is 2.10. The summed E-state index contributed by atoms with van der Waals surface area (Å²) in [7, 11) is 0. The van der Waals surface area contributed by atoms with Crippen LogP contribution < -0.4 is 16.2 Å². The number of hydrogen-bond acceptors (Lipinski definition) is 4. The molecule has 0 bridgehead atoms. The fraction of sp³-hybridized carbons (Fsp3) is 0. The number of nitrogens with one attached hydrogen (secondary N) is 3. The molecular weight excluding hydrogens is 248 g/mol. The van der Waals surface area contributed by atoms with Crippen LogP contribution in [-0.4, -0.2) is 22.1 Å². The molecule has 2 rings (SSSR count). The summed E-state index contributed by atoms with van der Waals surface area (Å²) in [5, 5.41) is 10.2. The Morgan fingerprint density at radius 1 is 1.05 bits per heavy atom. The first-order valence-electron chi connectivity index (χ1n) is 5.38. The van der Waals surface area contributed by atoms with Crippen LogP contribution >= 0.6 is 0 Å². The molecule has 0 aliphatic carbocycles. The molecule has 1 aromatic heterocycles. The predicted molar refractivity (Wildman–Crippen MR) is 67.8 cm³/mol. The van der Waals surface area contributed by atoms with E-state index in [0.29, 0.717) is 5.56 Å². The highest BCUT2D eigenvalue weighted by molar-refractivity contribution is 6.07. The van der Waals surface area contributed by atoms with Crippen LogP contribution in [0.1, 0.15) is 10.4 Å². The molecular formula is C12H10N4O3. The Kier molecular flexibility index (Phi) is 3.67. The summed E-state index contributed by atoms with van der Waals surface area (Å²) in [6.07, 6.45) is 0. The van der Waals surface area contributed by atoms with E-state index >= 15 is 0 Å². The fourth-order valence-electron chi connectivity index (χ4n) is 1.33. The summed E-state index contributed by atoms with van der Waals surface area (Å²) in [5.74, 6) is -0.388. The minimum absolute atomic E-state index is 0.137. The molecule has 0 unspecified atom stereocenters. The summed E-state index contributed by atoms with van der Waals surface area (Å²) >= 11 is 0. The Hall–Kier alpha value is -2.96. The standard InChI is InChI=1S/C12H10N4O3/c17-10-7-6-9(15-16-10)13-12(19)14-11(18)8-4-2-1-3-5-8/h1-7H,(H,16,17)(H2,13,14,15,18,19). The monoisotopic (exact) mass is 258 g/mol. The van der Waals surface area contributed by atoms with Crippen LogP contribution in [0.2, 0.25) is 0 Å². The zero-order valence-corrected chi connectivity index (χ0v) is 9.71. The number of rotatable bonds is 2. The SMILES string of the molecule is O=C(NC(=O)c1ccccc1)Nc1ccc(=O)[nH]n1. The van der Waals surface area contributed by atoms with Gasteiger partial charge in [0.05, 0.1) is 0 Å². The van der Waals surface area contributed by atoms with Gasteiger partial charge in [-0.1, -0.05) is 18.2 Å². The van der Waals surface area contributed by atoms with Gasteiger partial charge in [0.1, 0.15) is 0 Å². The van der Waals surface area contributed by atoms with E-state index in [0.717, 1.165) is 0 Å². The van der Waals surface area contributed by atoms with Gasteiger partial charge in [0, 0.05) is 11.6 Å². The van der Waals surface area contributed by atoms with E-state index in [-0.39, 0.29) is 11.4 Å². The summed E-state index contributed by atoms with van der Waals surface area (Å²) in [6.45, 7) is 0. The number of urea groups is 1. The van der Waals surface area contributed by atoms with Gasteiger partial charge in [0.25, 0.3) is 11.5 Å². The first-order chi connectivity index (χ1) is 9.15. The van der Waals surface area contributed by atoms with Gasteiger partial charge in [-0.3, -0.25) is 20.2 Å². The Labute approximate surface area is 107 Å². The third-order valence-electron chi connectivity index (χ3n) is 2.18. The van der Waals surface area contributed by atoms with Crippen LogP contribution in [0.25, 0.3) is 0 Å². The first-order valence-corrected chi connectivity index (χ1v) is 5.38. The van der Waals surface area contributed by atoms with E-state index < -0.39 is 11.9 Å². The number of anilines is 1. The molecule has 0 fully saturated rings. The van der Waals surface area contributed by atoms with Gasteiger partial charge in [-0.2, -0.15) is 5.10 Å². The normalized spacial score (nSPS) is 9.68. The van der Waals surface area contributed by atoms with Crippen LogP contribution in [0.15, 0.2) is 47.3 Å². The minimum atomic E-state index is -0.728. The number of benzene rings is 1. The summed E-state index contributed by atoms with van der Waals surface area (Å²) < 4.78 is 0. The maximum Gasteiger partial charge on any atom is 0.327 e. The van der Waals surface area contributed by atoms with Gasteiger partial charge in [-0.15, -0.1) is 0 Å². The average Bonchev–Trinajstić information content (AvgIpc) is 2.42. The molecule has 3 amide bonds. The molecule has 0 spiro atoms. The number of H-pyrrole nitrogens is 1. The van der Waals surface area contributed by atoms with E-state index in [9.17, 15) is 14.4 Å². The first kappa shape index (κ1) is 12.5. The molecule has 3 N–H and O–H groups in total. The Morgan fingerprint density at radius 2 is 1.79 bits per heavy atom. The smallest absolute Gasteiger partial charge is 0.291 e. The molecule has 0 atom stereocenters. The number of nitrogens with zero attached hydrogens (tertiary/aromatic N) is 1. The van der Waals surface area contributed by atoms with E-state index in [4.69, 9.17) is 0 Å². The van der Waals surface area contributed by atoms with Crippen molar-refractivity contribution in [3.63, 3.8) is 0 Å². The maximum absolute atomic E-state index is 11.6. The Morgan fingerprint density at radius 3 is 2.42 bits per heavy atom. The van der Waals surface area contributed by atoms with Crippen molar-refractivity contribution in [2.45, 2.75) is 0 Å². The molecule has 0 aliphatic heterocycles. The molecule has 0 radical (unpaired) electrons. The van der Waals surface area contributed by atoms with Crippen molar-refractivity contribution in [1.82, 2.24) is 15.5 Å². The Bertz CT molecular complexity index is 631. The van der Waals surface area contributed by atoms with Gasteiger partial charge in [-0.05, 0) is 18.2 Å². The number of imide groups is 1. The van der Waals surface area contributed by atoms with Gasteiger partial charge in [-0.25, -0.2) is 9.89 Å². The van der Waals surface area contributed by atoms with Crippen molar-refractivity contribution in [3.05, 3.63) is 58.4 Å². The van der Waals surface area contributed by atoms with Crippen molar-refractivity contribution in [3.8, 4) is 0 Å². The number of carbonyl (C=O) groups is 2. The number of amides is 3. The zero-order chi connectivity index (χ0) is 13.7. The molecule has 2 aromatic rings. The second kappa shape index (κ2) is 5.58. The predicted octanol–water partition coefficient (Wildman–Crippen LogP) is 0.732. The molecule has 1 heterocycles. The summed E-state index contributed by atoms with van der Waals surface area (Å²) in [5.41, 5.74) is -0.0154. The van der Waals surface area contributed by atoms with Crippen LogP contribution in [0, 0.1) is 0 Å². The van der Waals surface area contributed by atoms with Crippen LogP contribution in [0.4, 0.5) is 10.6 Å². The number of aromatic amines is 1. The fourth-order valence-corrected chi connectivity index (χ4v) is 1.33. The van der Waals surface area contributed by atoms with Crippen LogP contribution in [0.5, 0.6) is 0 Å². The second-order valence-corrected chi connectivity index (χ2v) is 3.58. The second-order valence-electron chi connectivity index (χ2n) is 3.58. The van der Waals surface area contributed by atoms with Crippen molar-refractivity contribution >= 4 is 17.8 Å². The lowest BCUT2D eigenvalue weighted by Crippen LogP contribution is -2.34. The molecule has 7 heteroatoms. The van der Waals surface area contributed by atoms with Gasteiger partial charge in [0.2, 0.25) is 0 Å². The Balaban J connectivity index is 1.96. The molecule has 7 nitrogen and oxygen atoms in total. The van der Waals surface area contributed by atoms with Crippen molar-refractivity contribution < 1.29 is 9.59 Å². The lowest BCUT2D eigenvalue weighted by Gasteiger charge is -2.05. The summed E-state index contributed by atoms with van der Waals surface area (Å²) in [4.78, 5) is 33.9. The minimum Gasteiger partial charge on any atom is -0.291 e.